The van der Waals surface area contributed by atoms with Gasteiger partial charge in [-0.1, -0.05) is 0 Å². The zero-order valence-corrected chi connectivity index (χ0v) is 12.7. The number of anilines is 1. The summed E-state index contributed by atoms with van der Waals surface area (Å²) in [4.78, 5) is 14.9. The van der Waals surface area contributed by atoms with Gasteiger partial charge in [0.2, 0.25) is 5.91 Å². The fraction of sp³-hybridized carbons (Fsp3) is 0.562. The summed E-state index contributed by atoms with van der Waals surface area (Å²) in [5, 5.41) is 6.37. The highest BCUT2D eigenvalue weighted by atomic mass is 16.5. The summed E-state index contributed by atoms with van der Waals surface area (Å²) in [6.45, 7) is 8.39. The first-order chi connectivity index (χ1) is 10.1. The van der Waals surface area contributed by atoms with Crippen molar-refractivity contribution in [3.05, 3.63) is 23.8 Å². The molecule has 1 aromatic rings. The first kappa shape index (κ1) is 14.4. The van der Waals surface area contributed by atoms with E-state index in [1.807, 2.05) is 32.0 Å². The number of ether oxygens (including phenoxy) is 1. The Labute approximate surface area is 125 Å². The van der Waals surface area contributed by atoms with Crippen molar-refractivity contribution in [2.45, 2.75) is 25.8 Å². The van der Waals surface area contributed by atoms with Gasteiger partial charge in [0.25, 0.3) is 0 Å². The largest absolute Gasteiger partial charge is 0.493 e. The van der Waals surface area contributed by atoms with Crippen LogP contribution in [-0.2, 0) is 11.2 Å². The zero-order chi connectivity index (χ0) is 14.9. The molecule has 3 rings (SSSR count). The minimum atomic E-state index is -0.502. The van der Waals surface area contributed by atoms with Crippen LogP contribution in [0.2, 0.25) is 0 Å². The van der Waals surface area contributed by atoms with E-state index in [9.17, 15) is 4.79 Å². The molecule has 0 unspecified atom stereocenters. The lowest BCUT2D eigenvalue weighted by Gasteiger charge is -2.39. The van der Waals surface area contributed by atoms with E-state index in [0.29, 0.717) is 0 Å². The molecule has 2 aliphatic heterocycles. The molecule has 0 bridgehead atoms. The highest BCUT2D eigenvalue weighted by Crippen LogP contribution is 2.28. The third-order valence-electron chi connectivity index (χ3n) is 4.41. The van der Waals surface area contributed by atoms with E-state index in [0.717, 1.165) is 50.6 Å². The molecule has 1 saturated heterocycles. The molecular formula is C16H23N3O2. The van der Waals surface area contributed by atoms with Crippen molar-refractivity contribution in [2.75, 3.05) is 38.1 Å². The first-order valence-corrected chi connectivity index (χ1v) is 7.60. The van der Waals surface area contributed by atoms with Crippen LogP contribution in [0.4, 0.5) is 5.69 Å². The van der Waals surface area contributed by atoms with Crippen LogP contribution in [-0.4, -0.2) is 49.1 Å². The molecule has 0 spiro atoms. The van der Waals surface area contributed by atoms with Gasteiger partial charge in [0.15, 0.2) is 0 Å². The molecule has 2 aliphatic rings. The summed E-state index contributed by atoms with van der Waals surface area (Å²) in [6.07, 6.45) is 0.917. The highest BCUT2D eigenvalue weighted by molar-refractivity contribution is 5.97. The molecule has 1 fully saturated rings. The Morgan fingerprint density at radius 2 is 2.10 bits per heavy atom. The predicted octanol–water partition coefficient (Wildman–Crippen LogP) is 1.24. The van der Waals surface area contributed by atoms with Crippen LogP contribution < -0.4 is 15.4 Å². The Morgan fingerprint density at radius 3 is 2.86 bits per heavy atom. The number of carbonyl (C=O) groups is 1. The summed E-state index contributed by atoms with van der Waals surface area (Å²) in [7, 11) is 0. The maximum atomic E-state index is 12.6. The summed E-state index contributed by atoms with van der Waals surface area (Å²) in [6, 6.07) is 5.87. The quantitative estimate of drug-likeness (QED) is 0.879. The van der Waals surface area contributed by atoms with Crippen LogP contribution in [0.15, 0.2) is 18.2 Å². The SMILES string of the molecule is CC(C)(C(=O)Nc1ccc2c(c1)CCO2)N1CCNCC1. The lowest BCUT2D eigenvalue weighted by Crippen LogP contribution is -2.58. The van der Waals surface area contributed by atoms with Crippen LogP contribution in [0, 0.1) is 0 Å². The van der Waals surface area contributed by atoms with Crippen molar-refractivity contribution in [1.82, 2.24) is 10.2 Å². The number of fused-ring (bicyclic) bond motifs is 1. The lowest BCUT2D eigenvalue weighted by atomic mass is 10.00. The molecule has 5 heteroatoms. The Hall–Kier alpha value is -1.59. The van der Waals surface area contributed by atoms with Crippen LogP contribution in [0.3, 0.4) is 0 Å². The van der Waals surface area contributed by atoms with Crippen molar-refractivity contribution in [1.29, 1.82) is 0 Å². The van der Waals surface area contributed by atoms with Gasteiger partial charge in [0, 0.05) is 38.3 Å². The van der Waals surface area contributed by atoms with Crippen molar-refractivity contribution in [2.24, 2.45) is 0 Å². The Kier molecular flexibility index (Phi) is 3.87. The van der Waals surface area contributed by atoms with Gasteiger partial charge in [-0.15, -0.1) is 0 Å². The van der Waals surface area contributed by atoms with E-state index >= 15 is 0 Å². The number of hydrogen-bond donors (Lipinski definition) is 2. The van der Waals surface area contributed by atoms with Gasteiger partial charge in [0.1, 0.15) is 5.75 Å². The topological polar surface area (TPSA) is 53.6 Å². The molecule has 0 radical (unpaired) electrons. The number of nitrogens with one attached hydrogen (secondary N) is 2. The highest BCUT2D eigenvalue weighted by Gasteiger charge is 2.35. The normalized spacial score (nSPS) is 19.0. The minimum absolute atomic E-state index is 0.0447. The molecule has 2 N–H and O–H groups in total. The molecule has 5 nitrogen and oxygen atoms in total. The summed E-state index contributed by atoms with van der Waals surface area (Å²) in [5.74, 6) is 0.984. The van der Waals surface area contributed by atoms with Gasteiger partial charge in [-0.25, -0.2) is 0 Å². The van der Waals surface area contributed by atoms with Crippen LogP contribution in [0.1, 0.15) is 19.4 Å². The molecule has 21 heavy (non-hydrogen) atoms. The van der Waals surface area contributed by atoms with Crippen LogP contribution >= 0.6 is 0 Å². The number of nitrogens with zero attached hydrogens (tertiary/aromatic N) is 1. The summed E-state index contributed by atoms with van der Waals surface area (Å²) < 4.78 is 5.49. The van der Waals surface area contributed by atoms with Crippen molar-refractivity contribution in [3.63, 3.8) is 0 Å². The van der Waals surface area contributed by atoms with Gasteiger partial charge in [-0.3, -0.25) is 9.69 Å². The van der Waals surface area contributed by atoms with Crippen molar-refractivity contribution in [3.8, 4) is 5.75 Å². The average Bonchev–Trinajstić information content (AvgIpc) is 2.95. The number of piperazine rings is 1. The number of hydrogen-bond acceptors (Lipinski definition) is 4. The van der Waals surface area contributed by atoms with E-state index in [1.54, 1.807) is 0 Å². The van der Waals surface area contributed by atoms with Gasteiger partial charge < -0.3 is 15.4 Å². The predicted molar refractivity (Wildman–Crippen MR) is 82.8 cm³/mol. The number of rotatable bonds is 3. The third kappa shape index (κ3) is 2.89. The standard InChI is InChI=1S/C16H23N3O2/c1-16(2,19-8-6-17-7-9-19)15(20)18-13-3-4-14-12(11-13)5-10-21-14/h3-4,11,17H,5-10H2,1-2H3,(H,18,20). The van der Waals surface area contributed by atoms with Gasteiger partial charge in [0.05, 0.1) is 12.1 Å². The summed E-state index contributed by atoms with van der Waals surface area (Å²) in [5.41, 5.74) is 1.53. The molecule has 0 atom stereocenters. The van der Waals surface area contributed by atoms with Gasteiger partial charge in [-0.2, -0.15) is 0 Å². The van der Waals surface area contributed by atoms with Crippen molar-refractivity contribution < 1.29 is 9.53 Å². The molecule has 2 heterocycles. The van der Waals surface area contributed by atoms with Gasteiger partial charge >= 0.3 is 0 Å². The Balaban J connectivity index is 1.70. The molecule has 0 saturated carbocycles. The van der Waals surface area contributed by atoms with Crippen LogP contribution in [0.5, 0.6) is 5.75 Å². The molecule has 1 aromatic carbocycles. The fourth-order valence-electron chi connectivity index (χ4n) is 2.92. The van der Waals surface area contributed by atoms with E-state index < -0.39 is 5.54 Å². The lowest BCUT2D eigenvalue weighted by molar-refractivity contribution is -0.126. The van der Waals surface area contributed by atoms with Crippen LogP contribution in [0.25, 0.3) is 0 Å². The van der Waals surface area contributed by atoms with E-state index in [-0.39, 0.29) is 5.91 Å². The summed E-state index contributed by atoms with van der Waals surface area (Å²) >= 11 is 0. The van der Waals surface area contributed by atoms with E-state index in [2.05, 4.69) is 15.5 Å². The second-order valence-corrected chi connectivity index (χ2v) is 6.17. The minimum Gasteiger partial charge on any atom is -0.493 e. The molecule has 1 amide bonds. The first-order valence-electron chi connectivity index (χ1n) is 7.60. The maximum absolute atomic E-state index is 12.6. The zero-order valence-electron chi connectivity index (χ0n) is 12.7. The second-order valence-electron chi connectivity index (χ2n) is 6.17. The Bertz CT molecular complexity index is 536. The number of benzene rings is 1. The van der Waals surface area contributed by atoms with E-state index in [4.69, 9.17) is 4.74 Å². The average molecular weight is 289 g/mol. The Morgan fingerprint density at radius 1 is 1.33 bits per heavy atom. The molecule has 114 valence electrons. The monoisotopic (exact) mass is 289 g/mol. The molecule has 0 aromatic heterocycles. The second kappa shape index (κ2) is 5.66. The number of carbonyl (C=O) groups excluding carboxylic acids is 1. The van der Waals surface area contributed by atoms with E-state index in [1.165, 1.54) is 5.56 Å². The number of amides is 1. The fourth-order valence-corrected chi connectivity index (χ4v) is 2.92. The molecule has 0 aliphatic carbocycles. The van der Waals surface area contributed by atoms with Crippen molar-refractivity contribution >= 4 is 11.6 Å². The molecular weight excluding hydrogens is 266 g/mol. The third-order valence-corrected chi connectivity index (χ3v) is 4.41. The van der Waals surface area contributed by atoms with Gasteiger partial charge in [-0.05, 0) is 37.6 Å². The maximum Gasteiger partial charge on any atom is 0.244 e. The smallest absolute Gasteiger partial charge is 0.244 e.